The first-order valence-corrected chi connectivity index (χ1v) is 3.44. The lowest BCUT2D eigenvalue weighted by Gasteiger charge is -2.18. The minimum Gasteiger partial charge on any atom is -0.480 e. The number of hydrogen-bond donors (Lipinski definition) is 3. The third-order valence-electron chi connectivity index (χ3n) is 1.86. The van der Waals surface area contributed by atoms with Crippen molar-refractivity contribution in [2.45, 2.75) is 18.6 Å². The minimum atomic E-state index is -1.31. The average molecular weight is 175 g/mol. The van der Waals surface area contributed by atoms with Gasteiger partial charge in [-0.2, -0.15) is 0 Å². The van der Waals surface area contributed by atoms with Crippen LogP contribution in [-0.2, 0) is 4.79 Å². The molecule has 0 aromatic carbocycles. The van der Waals surface area contributed by atoms with Gasteiger partial charge in [0.05, 0.1) is 6.10 Å². The van der Waals surface area contributed by atoms with Gasteiger partial charge < -0.3 is 15.3 Å². The molecule has 1 rings (SSSR count). The maximum atomic E-state index is 10.5. The number of carboxylic acid groups (broad SMARTS) is 2. The van der Waals surface area contributed by atoms with Crippen molar-refractivity contribution < 1.29 is 24.9 Å². The number of amides is 1. The highest BCUT2D eigenvalue weighted by Gasteiger charge is 2.41. The molecule has 1 aliphatic rings. The number of nitrogens with zero attached hydrogens (tertiary/aromatic N) is 1. The van der Waals surface area contributed by atoms with E-state index in [1.807, 2.05) is 0 Å². The molecule has 0 unspecified atom stereocenters. The average Bonchev–Trinajstić information content (AvgIpc) is 2.30. The summed E-state index contributed by atoms with van der Waals surface area (Å²) in [6, 6.07) is -1.30. The van der Waals surface area contributed by atoms with Crippen molar-refractivity contribution in [3.05, 3.63) is 0 Å². The minimum absolute atomic E-state index is 0.0769. The molecule has 0 aromatic heterocycles. The number of aliphatic carboxylic acids is 1. The summed E-state index contributed by atoms with van der Waals surface area (Å²) < 4.78 is 0. The highest BCUT2D eigenvalue weighted by molar-refractivity contribution is 5.80. The van der Waals surface area contributed by atoms with Crippen LogP contribution in [0, 0.1) is 0 Å². The summed E-state index contributed by atoms with van der Waals surface area (Å²) in [6.45, 7) is 0.0769. The van der Waals surface area contributed by atoms with Crippen LogP contribution in [-0.4, -0.2) is 51.0 Å². The molecule has 0 saturated carbocycles. The molecule has 1 fully saturated rings. The van der Waals surface area contributed by atoms with Crippen LogP contribution in [0.5, 0.6) is 0 Å². The van der Waals surface area contributed by atoms with Gasteiger partial charge in [0.25, 0.3) is 0 Å². The maximum Gasteiger partial charge on any atom is 0.408 e. The summed E-state index contributed by atoms with van der Waals surface area (Å²) in [6.07, 6.45) is -2.21. The molecule has 0 bridgehead atoms. The van der Waals surface area contributed by atoms with Gasteiger partial charge in [-0.05, 0) is 6.42 Å². The molecule has 1 aliphatic heterocycles. The van der Waals surface area contributed by atoms with Gasteiger partial charge in [0.1, 0.15) is 0 Å². The molecular formula is C6H9NO5. The Balaban J connectivity index is 2.77. The Bertz CT molecular complexity index is 216. The van der Waals surface area contributed by atoms with Crippen molar-refractivity contribution >= 4 is 12.1 Å². The van der Waals surface area contributed by atoms with Crippen LogP contribution in [0.25, 0.3) is 0 Å². The summed E-state index contributed by atoms with van der Waals surface area (Å²) in [4.78, 5) is 21.6. The zero-order chi connectivity index (χ0) is 9.30. The van der Waals surface area contributed by atoms with Crippen molar-refractivity contribution in [2.75, 3.05) is 6.54 Å². The normalized spacial score (nSPS) is 28.9. The molecule has 6 heteroatoms. The highest BCUT2D eigenvalue weighted by atomic mass is 16.4. The fourth-order valence-corrected chi connectivity index (χ4v) is 1.29. The monoisotopic (exact) mass is 175 g/mol. The summed E-state index contributed by atoms with van der Waals surface area (Å²) in [5, 5.41) is 26.1. The molecule has 3 N–H and O–H groups in total. The fourth-order valence-electron chi connectivity index (χ4n) is 1.29. The van der Waals surface area contributed by atoms with Crippen molar-refractivity contribution in [1.29, 1.82) is 0 Å². The van der Waals surface area contributed by atoms with E-state index in [1.54, 1.807) is 0 Å². The molecule has 0 aliphatic carbocycles. The Morgan fingerprint density at radius 1 is 1.33 bits per heavy atom. The molecule has 1 heterocycles. The number of aliphatic hydroxyl groups excluding tert-OH is 1. The van der Waals surface area contributed by atoms with Crippen molar-refractivity contribution in [1.82, 2.24) is 4.90 Å². The molecule has 6 nitrogen and oxygen atoms in total. The molecule has 2 atom stereocenters. The Morgan fingerprint density at radius 3 is 2.25 bits per heavy atom. The number of likely N-dealkylation sites (tertiary alicyclic amines) is 1. The van der Waals surface area contributed by atoms with Gasteiger partial charge in [-0.1, -0.05) is 0 Å². The highest BCUT2D eigenvalue weighted by Crippen LogP contribution is 2.17. The largest absolute Gasteiger partial charge is 0.480 e. The maximum absolute atomic E-state index is 10.5. The fraction of sp³-hybridized carbons (Fsp3) is 0.667. The number of carboxylic acids is 1. The topological polar surface area (TPSA) is 98.1 Å². The zero-order valence-electron chi connectivity index (χ0n) is 6.17. The van der Waals surface area contributed by atoms with Gasteiger partial charge in [0.2, 0.25) is 0 Å². The van der Waals surface area contributed by atoms with Gasteiger partial charge in [0.15, 0.2) is 6.04 Å². The summed E-state index contributed by atoms with van der Waals surface area (Å²) >= 11 is 0. The zero-order valence-corrected chi connectivity index (χ0v) is 6.17. The van der Waals surface area contributed by atoms with E-state index >= 15 is 0 Å². The standard InChI is InChI=1S/C6H9NO5/c8-3-1-2-7(6(11)12)4(3)5(9)10/h3-4,8H,1-2H2,(H,9,10)(H,11,12)/t3-,4+/m1/s1. The summed E-state index contributed by atoms with van der Waals surface area (Å²) in [7, 11) is 0. The number of rotatable bonds is 1. The molecule has 1 saturated heterocycles. The van der Waals surface area contributed by atoms with Crippen LogP contribution in [0.3, 0.4) is 0 Å². The van der Waals surface area contributed by atoms with E-state index in [0.29, 0.717) is 0 Å². The number of aliphatic hydroxyl groups is 1. The van der Waals surface area contributed by atoms with E-state index in [-0.39, 0.29) is 13.0 Å². The van der Waals surface area contributed by atoms with Crippen molar-refractivity contribution in [3.63, 3.8) is 0 Å². The Morgan fingerprint density at radius 2 is 1.92 bits per heavy atom. The summed E-state index contributed by atoms with van der Waals surface area (Å²) in [5.41, 5.74) is 0. The molecule has 0 aromatic rings. The van der Waals surface area contributed by atoms with Gasteiger partial charge in [-0.15, -0.1) is 0 Å². The van der Waals surface area contributed by atoms with Gasteiger partial charge in [-0.25, -0.2) is 9.59 Å². The second kappa shape index (κ2) is 2.98. The van der Waals surface area contributed by atoms with Gasteiger partial charge in [-0.3, -0.25) is 4.90 Å². The molecule has 12 heavy (non-hydrogen) atoms. The Kier molecular flexibility index (Phi) is 2.18. The lowest BCUT2D eigenvalue weighted by Crippen LogP contribution is -2.44. The Hall–Kier alpha value is -1.30. The first-order chi connectivity index (χ1) is 5.54. The predicted molar refractivity (Wildman–Crippen MR) is 36.8 cm³/mol. The first-order valence-electron chi connectivity index (χ1n) is 3.44. The van der Waals surface area contributed by atoms with Crippen LogP contribution < -0.4 is 0 Å². The molecule has 1 amide bonds. The van der Waals surface area contributed by atoms with E-state index in [4.69, 9.17) is 15.3 Å². The Labute approximate surface area is 68.0 Å². The quantitative estimate of drug-likeness (QED) is 0.484. The second-order valence-corrected chi connectivity index (χ2v) is 2.62. The molecular weight excluding hydrogens is 166 g/mol. The van der Waals surface area contributed by atoms with Crippen LogP contribution in [0.2, 0.25) is 0 Å². The molecule has 68 valence electrons. The molecule has 0 spiro atoms. The van der Waals surface area contributed by atoms with E-state index in [2.05, 4.69) is 0 Å². The van der Waals surface area contributed by atoms with Crippen molar-refractivity contribution in [2.24, 2.45) is 0 Å². The number of hydrogen-bond acceptors (Lipinski definition) is 3. The van der Waals surface area contributed by atoms with Crippen LogP contribution >= 0.6 is 0 Å². The van der Waals surface area contributed by atoms with Crippen molar-refractivity contribution in [3.8, 4) is 0 Å². The third kappa shape index (κ3) is 1.33. The second-order valence-electron chi connectivity index (χ2n) is 2.62. The first kappa shape index (κ1) is 8.79. The van der Waals surface area contributed by atoms with Gasteiger partial charge in [0, 0.05) is 6.54 Å². The van der Waals surface area contributed by atoms with Crippen LogP contribution in [0.15, 0.2) is 0 Å². The SMILES string of the molecule is O=C(O)[C@@H]1[C@H](O)CCN1C(=O)O. The smallest absolute Gasteiger partial charge is 0.408 e. The van der Waals surface area contributed by atoms with E-state index in [0.717, 1.165) is 4.90 Å². The van der Waals surface area contributed by atoms with Crippen LogP contribution in [0.1, 0.15) is 6.42 Å². The predicted octanol–water partition coefficient (Wildman–Crippen LogP) is -0.816. The number of carbonyl (C=O) groups is 2. The van der Waals surface area contributed by atoms with E-state index < -0.39 is 24.2 Å². The summed E-state index contributed by atoms with van der Waals surface area (Å²) in [5.74, 6) is -1.30. The van der Waals surface area contributed by atoms with E-state index in [1.165, 1.54) is 0 Å². The third-order valence-corrected chi connectivity index (χ3v) is 1.86. The van der Waals surface area contributed by atoms with Crippen LogP contribution in [0.4, 0.5) is 4.79 Å². The van der Waals surface area contributed by atoms with Gasteiger partial charge >= 0.3 is 12.1 Å². The van der Waals surface area contributed by atoms with E-state index in [9.17, 15) is 9.59 Å². The lowest BCUT2D eigenvalue weighted by molar-refractivity contribution is -0.144. The molecule has 0 radical (unpaired) electrons. The lowest BCUT2D eigenvalue weighted by atomic mass is 10.2.